The van der Waals surface area contributed by atoms with Crippen LogP contribution in [-0.4, -0.2) is 33.1 Å². The molecule has 0 aliphatic carbocycles. The minimum Gasteiger partial charge on any atom is -0.292 e. The van der Waals surface area contributed by atoms with Crippen LogP contribution in [0.2, 0.25) is 0 Å². The maximum Gasteiger partial charge on any atom is 0.516 e. The SMILES string of the molecule is CCCc1nn2c(C)c(-c3ccccc3)nc2n1Cc1ccc(-c2ccccc2NS(=O)(=O)C(F)(F)F)cc1. The molecule has 39 heavy (non-hydrogen) atoms. The molecule has 0 bridgehead atoms. The predicted octanol–water partition coefficient (Wildman–Crippen LogP) is 6.44. The number of anilines is 1. The summed E-state index contributed by atoms with van der Waals surface area (Å²) in [7, 11) is -5.55. The first-order valence-electron chi connectivity index (χ1n) is 12.4. The summed E-state index contributed by atoms with van der Waals surface area (Å²) in [6.07, 6.45) is 1.68. The monoisotopic (exact) mass is 553 g/mol. The molecule has 0 amide bonds. The second kappa shape index (κ2) is 10.2. The fraction of sp³-hybridized carbons (Fsp3) is 0.214. The van der Waals surface area contributed by atoms with Crippen LogP contribution >= 0.6 is 0 Å². The van der Waals surface area contributed by atoms with Gasteiger partial charge in [0.05, 0.1) is 23.6 Å². The molecule has 0 spiro atoms. The summed E-state index contributed by atoms with van der Waals surface area (Å²) in [5.74, 6) is 1.63. The molecule has 2 aromatic heterocycles. The number of hydrogen-bond acceptors (Lipinski definition) is 4. The molecular formula is C28H26F3N5O2S. The van der Waals surface area contributed by atoms with Crippen molar-refractivity contribution in [1.29, 1.82) is 0 Å². The van der Waals surface area contributed by atoms with E-state index < -0.39 is 15.5 Å². The summed E-state index contributed by atoms with van der Waals surface area (Å²) in [6, 6.07) is 23.2. The Morgan fingerprint density at radius 3 is 2.23 bits per heavy atom. The van der Waals surface area contributed by atoms with Crippen LogP contribution in [0.4, 0.5) is 18.9 Å². The molecule has 0 radical (unpaired) electrons. The molecule has 1 N–H and O–H groups in total. The van der Waals surface area contributed by atoms with E-state index in [9.17, 15) is 21.6 Å². The number of nitrogens with zero attached hydrogens (tertiary/aromatic N) is 4. The van der Waals surface area contributed by atoms with Gasteiger partial charge in [0.15, 0.2) is 0 Å². The third-order valence-corrected chi connectivity index (χ3v) is 7.53. The molecule has 0 unspecified atom stereocenters. The van der Waals surface area contributed by atoms with E-state index in [1.165, 1.54) is 12.1 Å². The van der Waals surface area contributed by atoms with Gasteiger partial charge >= 0.3 is 15.5 Å². The smallest absolute Gasteiger partial charge is 0.292 e. The van der Waals surface area contributed by atoms with Gasteiger partial charge < -0.3 is 0 Å². The number of imidazole rings is 1. The maximum atomic E-state index is 12.9. The minimum absolute atomic E-state index is 0.148. The molecule has 5 rings (SSSR count). The zero-order valence-electron chi connectivity index (χ0n) is 21.3. The van der Waals surface area contributed by atoms with E-state index in [0.717, 1.165) is 47.0 Å². The third-order valence-electron chi connectivity index (χ3n) is 6.43. The van der Waals surface area contributed by atoms with Crippen molar-refractivity contribution in [3.63, 3.8) is 0 Å². The topological polar surface area (TPSA) is 81.3 Å². The van der Waals surface area contributed by atoms with E-state index in [4.69, 9.17) is 10.1 Å². The zero-order valence-corrected chi connectivity index (χ0v) is 22.1. The van der Waals surface area contributed by atoms with Crippen LogP contribution < -0.4 is 4.72 Å². The summed E-state index contributed by atoms with van der Waals surface area (Å²) in [4.78, 5) is 4.92. The Hall–Kier alpha value is -4.12. The Morgan fingerprint density at radius 1 is 0.897 bits per heavy atom. The van der Waals surface area contributed by atoms with Crippen LogP contribution in [0.5, 0.6) is 0 Å². The molecule has 0 aliphatic rings. The van der Waals surface area contributed by atoms with Crippen molar-refractivity contribution in [3.8, 4) is 22.4 Å². The second-order valence-electron chi connectivity index (χ2n) is 9.17. The molecule has 0 saturated heterocycles. The minimum atomic E-state index is -5.55. The quantitative estimate of drug-likeness (QED) is 0.240. The molecule has 0 fully saturated rings. The number of hydrogen-bond donors (Lipinski definition) is 1. The lowest BCUT2D eigenvalue weighted by molar-refractivity contribution is -0.0429. The van der Waals surface area contributed by atoms with Crippen molar-refractivity contribution in [3.05, 3.63) is 95.9 Å². The summed E-state index contributed by atoms with van der Waals surface area (Å²) in [5.41, 5.74) is -0.896. The first kappa shape index (κ1) is 26.5. The molecule has 2 heterocycles. The van der Waals surface area contributed by atoms with Crippen molar-refractivity contribution >= 4 is 21.5 Å². The molecule has 0 aliphatic heterocycles. The number of fused-ring (bicyclic) bond motifs is 1. The molecule has 3 aromatic carbocycles. The first-order chi connectivity index (χ1) is 18.6. The fourth-order valence-corrected chi connectivity index (χ4v) is 5.08. The highest BCUT2D eigenvalue weighted by Crippen LogP contribution is 2.32. The third kappa shape index (κ3) is 5.14. The van der Waals surface area contributed by atoms with Crippen LogP contribution in [0.1, 0.15) is 30.4 Å². The highest BCUT2D eigenvalue weighted by atomic mass is 32.2. The number of nitrogens with one attached hydrogen (secondary N) is 1. The number of sulfonamides is 1. The van der Waals surface area contributed by atoms with Crippen molar-refractivity contribution in [2.24, 2.45) is 0 Å². The number of aromatic nitrogens is 4. The van der Waals surface area contributed by atoms with Gasteiger partial charge in [-0.15, -0.1) is 0 Å². The van der Waals surface area contributed by atoms with Gasteiger partial charge in [-0.25, -0.2) is 9.50 Å². The van der Waals surface area contributed by atoms with Gasteiger partial charge in [-0.1, -0.05) is 79.7 Å². The predicted molar refractivity (Wildman–Crippen MR) is 145 cm³/mol. The largest absolute Gasteiger partial charge is 0.516 e. The standard InChI is InChI=1S/C28H26F3N5O2S/c1-3-9-25-33-36-19(2)26(22-10-5-4-6-11-22)32-27(36)35(25)18-20-14-16-21(17-15-20)23-12-7-8-13-24(23)34-39(37,38)28(29,30)31/h4-8,10-17,34H,3,9,18H2,1-2H3. The second-order valence-corrected chi connectivity index (χ2v) is 10.8. The first-order valence-corrected chi connectivity index (χ1v) is 13.8. The van der Waals surface area contributed by atoms with Gasteiger partial charge in [0.25, 0.3) is 0 Å². The van der Waals surface area contributed by atoms with Crippen LogP contribution in [0.15, 0.2) is 78.9 Å². The Balaban J connectivity index is 1.47. The van der Waals surface area contributed by atoms with Gasteiger partial charge in [0.2, 0.25) is 5.78 Å². The van der Waals surface area contributed by atoms with Crippen LogP contribution in [0.25, 0.3) is 28.2 Å². The van der Waals surface area contributed by atoms with Gasteiger partial charge in [-0.05, 0) is 30.5 Å². The average Bonchev–Trinajstić information content (AvgIpc) is 3.41. The van der Waals surface area contributed by atoms with Crippen molar-refractivity contribution in [2.45, 2.75) is 38.7 Å². The lowest BCUT2D eigenvalue weighted by Gasteiger charge is -2.14. The Bertz CT molecular complexity index is 1730. The highest BCUT2D eigenvalue weighted by Gasteiger charge is 2.46. The number of rotatable bonds is 8. The number of alkyl halides is 3. The van der Waals surface area contributed by atoms with Crippen molar-refractivity contribution in [1.82, 2.24) is 19.2 Å². The molecule has 7 nitrogen and oxygen atoms in total. The van der Waals surface area contributed by atoms with Crippen molar-refractivity contribution in [2.75, 3.05) is 4.72 Å². The average molecular weight is 554 g/mol. The van der Waals surface area contributed by atoms with Gasteiger partial charge in [-0.3, -0.25) is 9.29 Å². The number of benzene rings is 3. The molecule has 5 aromatic rings. The fourth-order valence-electron chi connectivity index (χ4n) is 4.50. The molecule has 11 heteroatoms. The zero-order chi connectivity index (χ0) is 27.8. The molecular weight excluding hydrogens is 527 g/mol. The highest BCUT2D eigenvalue weighted by molar-refractivity contribution is 7.93. The lowest BCUT2D eigenvalue weighted by atomic mass is 10.0. The molecule has 0 saturated carbocycles. The van der Waals surface area contributed by atoms with E-state index in [1.807, 2.05) is 53.9 Å². The summed E-state index contributed by atoms with van der Waals surface area (Å²) < 4.78 is 67.8. The van der Waals surface area contributed by atoms with E-state index >= 15 is 0 Å². The van der Waals surface area contributed by atoms with E-state index in [-0.39, 0.29) is 5.69 Å². The van der Waals surface area contributed by atoms with Gasteiger partial charge in [0.1, 0.15) is 5.82 Å². The Morgan fingerprint density at radius 2 is 1.56 bits per heavy atom. The van der Waals surface area contributed by atoms with Gasteiger partial charge in [0, 0.05) is 17.5 Å². The summed E-state index contributed by atoms with van der Waals surface area (Å²) in [6.45, 7) is 4.57. The van der Waals surface area contributed by atoms with Crippen LogP contribution in [0, 0.1) is 6.92 Å². The normalized spacial score (nSPS) is 12.2. The lowest BCUT2D eigenvalue weighted by Crippen LogP contribution is -2.30. The Kier molecular flexibility index (Phi) is 6.94. The van der Waals surface area contributed by atoms with Gasteiger partial charge in [-0.2, -0.15) is 26.7 Å². The number of para-hydroxylation sites is 1. The molecule has 202 valence electrons. The summed E-state index contributed by atoms with van der Waals surface area (Å²) in [5, 5.41) is 4.83. The molecule has 0 atom stereocenters. The van der Waals surface area contributed by atoms with Crippen molar-refractivity contribution < 1.29 is 21.6 Å². The Labute approximate surface area is 224 Å². The van der Waals surface area contributed by atoms with E-state index in [1.54, 1.807) is 29.0 Å². The number of halogens is 3. The van der Waals surface area contributed by atoms with E-state index in [2.05, 4.69) is 11.5 Å². The summed E-state index contributed by atoms with van der Waals surface area (Å²) >= 11 is 0. The van der Waals surface area contributed by atoms with Crippen LogP contribution in [-0.2, 0) is 23.0 Å². The number of aryl methyl sites for hydroxylation is 2. The maximum absolute atomic E-state index is 12.9. The van der Waals surface area contributed by atoms with E-state index in [0.29, 0.717) is 17.7 Å². The van der Waals surface area contributed by atoms with Crippen LogP contribution in [0.3, 0.4) is 0 Å².